The number of hydrogen-bond acceptors (Lipinski definition) is 4. The topological polar surface area (TPSA) is 86.7 Å². The first-order chi connectivity index (χ1) is 18.8. The number of carbonyl (C=O) groups excluding carboxylic acids is 2. The van der Waals surface area contributed by atoms with Crippen LogP contribution in [0.4, 0.5) is 0 Å². The normalized spacial score (nSPS) is 14.5. The summed E-state index contributed by atoms with van der Waals surface area (Å²) >= 11 is 1.55. The quantitative estimate of drug-likeness (QED) is 0.285. The van der Waals surface area contributed by atoms with Gasteiger partial charge in [0.2, 0.25) is 5.91 Å². The maximum absolute atomic E-state index is 13.4. The number of hydrogen-bond donors (Lipinski definition) is 2. The largest absolute Gasteiger partial charge is 0.480 e. The fourth-order valence-electron chi connectivity index (χ4n) is 5.32. The van der Waals surface area contributed by atoms with E-state index in [1.165, 1.54) is 6.42 Å². The Hall–Kier alpha value is -2.80. The molecule has 7 heteroatoms. The molecule has 0 heterocycles. The second kappa shape index (κ2) is 15.7. The summed E-state index contributed by atoms with van der Waals surface area (Å²) < 4.78 is 0. The molecule has 1 saturated carbocycles. The van der Waals surface area contributed by atoms with E-state index < -0.39 is 12.0 Å². The van der Waals surface area contributed by atoms with Gasteiger partial charge < -0.3 is 15.3 Å². The van der Waals surface area contributed by atoms with Crippen LogP contribution in [0, 0.1) is 12.8 Å². The number of nitrogens with one attached hydrogen (secondary N) is 1. The maximum Gasteiger partial charge on any atom is 0.326 e. The van der Waals surface area contributed by atoms with E-state index in [1.807, 2.05) is 49.6 Å². The van der Waals surface area contributed by atoms with E-state index in [4.69, 9.17) is 0 Å². The van der Waals surface area contributed by atoms with Gasteiger partial charge in [0, 0.05) is 24.6 Å². The van der Waals surface area contributed by atoms with Crippen LogP contribution in [0.5, 0.6) is 0 Å². The molecular formula is C32H44N2O4S. The molecule has 1 aliphatic carbocycles. The van der Waals surface area contributed by atoms with E-state index in [0.717, 1.165) is 67.3 Å². The summed E-state index contributed by atoms with van der Waals surface area (Å²) in [6.07, 6.45) is 10.5. The molecule has 6 nitrogen and oxygen atoms in total. The Labute approximate surface area is 237 Å². The lowest BCUT2D eigenvalue weighted by atomic mass is 9.88. The van der Waals surface area contributed by atoms with Crippen molar-refractivity contribution in [1.29, 1.82) is 0 Å². The predicted molar refractivity (Wildman–Crippen MR) is 160 cm³/mol. The third-order valence-corrected chi connectivity index (χ3v) is 8.34. The van der Waals surface area contributed by atoms with Crippen molar-refractivity contribution in [2.45, 2.75) is 77.7 Å². The van der Waals surface area contributed by atoms with Crippen molar-refractivity contribution in [2.75, 3.05) is 25.1 Å². The highest BCUT2D eigenvalue weighted by Gasteiger charge is 2.26. The van der Waals surface area contributed by atoms with Crippen LogP contribution in [0.25, 0.3) is 11.1 Å². The summed E-state index contributed by atoms with van der Waals surface area (Å²) in [5.74, 6) is -0.318. The van der Waals surface area contributed by atoms with Crippen molar-refractivity contribution >= 4 is 29.5 Å². The molecule has 1 fully saturated rings. The zero-order valence-electron chi connectivity index (χ0n) is 23.7. The number of aryl methyl sites for hydroxylation is 1. The van der Waals surface area contributed by atoms with E-state index in [2.05, 4.69) is 17.1 Å². The second-order valence-electron chi connectivity index (χ2n) is 10.6. The molecule has 1 atom stereocenters. The van der Waals surface area contributed by atoms with Crippen LogP contribution in [-0.2, 0) is 16.0 Å². The predicted octanol–water partition coefficient (Wildman–Crippen LogP) is 6.35. The number of carboxylic acid groups (broad SMARTS) is 1. The Balaban J connectivity index is 1.85. The second-order valence-corrected chi connectivity index (χ2v) is 11.6. The molecule has 0 bridgehead atoms. The Morgan fingerprint density at radius 3 is 2.46 bits per heavy atom. The number of amides is 2. The molecule has 2 amide bonds. The fraction of sp³-hybridized carbons (Fsp3) is 0.531. The highest BCUT2D eigenvalue weighted by atomic mass is 32.2. The van der Waals surface area contributed by atoms with Crippen molar-refractivity contribution in [3.63, 3.8) is 0 Å². The number of carboxylic acids is 1. The monoisotopic (exact) mass is 552 g/mol. The van der Waals surface area contributed by atoms with E-state index in [-0.39, 0.29) is 11.8 Å². The Morgan fingerprint density at radius 2 is 1.79 bits per heavy atom. The Bertz CT molecular complexity index is 1110. The minimum absolute atomic E-state index is 0.150. The summed E-state index contributed by atoms with van der Waals surface area (Å²) in [7, 11) is 0. The number of thioether (sulfide) groups is 1. The van der Waals surface area contributed by atoms with Crippen LogP contribution in [0.2, 0.25) is 0 Å². The van der Waals surface area contributed by atoms with E-state index >= 15 is 0 Å². The minimum atomic E-state index is -1.03. The first-order valence-electron chi connectivity index (χ1n) is 14.4. The number of nitrogens with zero attached hydrogens (tertiary/aromatic N) is 1. The molecule has 0 radical (unpaired) electrons. The standard InChI is InChI=1S/C32H44N2O4S/c1-4-5-19-34(31(36)25-12-7-6-8-13-25)20-17-24-15-16-27(28(22-24)26-14-10-9-11-23(26)2)30(35)33-29(32(37)38)18-21-39-3/h9-11,14-16,22,25,29H,4-8,12-13,17-21H2,1-3H3,(H,33,35)(H,37,38)/t29-/m0/s1. The van der Waals surface area contributed by atoms with Crippen molar-refractivity contribution in [3.8, 4) is 11.1 Å². The number of unbranched alkanes of at least 4 members (excludes halogenated alkanes) is 1. The van der Waals surface area contributed by atoms with Gasteiger partial charge in [-0.15, -0.1) is 0 Å². The zero-order chi connectivity index (χ0) is 28.2. The number of rotatable bonds is 14. The molecule has 2 aromatic carbocycles. The van der Waals surface area contributed by atoms with Gasteiger partial charge in [-0.1, -0.05) is 69.0 Å². The molecular weight excluding hydrogens is 508 g/mol. The summed E-state index contributed by atoms with van der Waals surface area (Å²) in [5, 5.41) is 12.4. The van der Waals surface area contributed by atoms with Gasteiger partial charge in [-0.2, -0.15) is 11.8 Å². The summed E-state index contributed by atoms with van der Waals surface area (Å²) in [6, 6.07) is 12.8. The van der Waals surface area contributed by atoms with Crippen LogP contribution in [-0.4, -0.2) is 58.9 Å². The molecule has 0 aliphatic heterocycles. The zero-order valence-corrected chi connectivity index (χ0v) is 24.5. The summed E-state index contributed by atoms with van der Waals surface area (Å²) in [5.41, 5.74) is 4.29. The Morgan fingerprint density at radius 1 is 1.05 bits per heavy atom. The van der Waals surface area contributed by atoms with Gasteiger partial charge in [-0.05, 0) is 79.4 Å². The third kappa shape index (κ3) is 8.85. The average Bonchev–Trinajstić information content (AvgIpc) is 2.95. The van der Waals surface area contributed by atoms with Gasteiger partial charge in [0.15, 0.2) is 0 Å². The molecule has 39 heavy (non-hydrogen) atoms. The highest BCUT2D eigenvalue weighted by Crippen LogP contribution is 2.29. The van der Waals surface area contributed by atoms with Crippen molar-refractivity contribution < 1.29 is 19.5 Å². The highest BCUT2D eigenvalue weighted by molar-refractivity contribution is 7.98. The van der Waals surface area contributed by atoms with Gasteiger partial charge in [0.25, 0.3) is 5.91 Å². The smallest absolute Gasteiger partial charge is 0.326 e. The van der Waals surface area contributed by atoms with Crippen LogP contribution >= 0.6 is 11.8 Å². The van der Waals surface area contributed by atoms with Crippen LogP contribution in [0.15, 0.2) is 42.5 Å². The third-order valence-electron chi connectivity index (χ3n) is 7.70. The minimum Gasteiger partial charge on any atom is -0.480 e. The lowest BCUT2D eigenvalue weighted by molar-refractivity contribution is -0.139. The first kappa shape index (κ1) is 30.7. The Kier molecular flexibility index (Phi) is 12.4. The van der Waals surface area contributed by atoms with Crippen molar-refractivity contribution in [1.82, 2.24) is 10.2 Å². The van der Waals surface area contributed by atoms with Crippen LogP contribution in [0.3, 0.4) is 0 Å². The molecule has 1 aliphatic rings. The average molecular weight is 553 g/mol. The lowest BCUT2D eigenvalue weighted by Crippen LogP contribution is -2.41. The van der Waals surface area contributed by atoms with Gasteiger partial charge in [0.05, 0.1) is 0 Å². The number of carbonyl (C=O) groups is 3. The van der Waals surface area contributed by atoms with Gasteiger partial charge in [0.1, 0.15) is 6.04 Å². The SMILES string of the molecule is CCCCN(CCc1ccc(C(=O)N[C@@H](CCSC)C(=O)O)c(-c2ccccc2C)c1)C(=O)C1CCCCC1. The van der Waals surface area contributed by atoms with Gasteiger partial charge >= 0.3 is 5.97 Å². The molecule has 3 rings (SSSR count). The summed E-state index contributed by atoms with van der Waals surface area (Å²) in [6.45, 7) is 5.60. The first-order valence-corrected chi connectivity index (χ1v) is 15.7. The number of aliphatic carboxylic acids is 1. The van der Waals surface area contributed by atoms with Crippen molar-refractivity contribution in [2.24, 2.45) is 5.92 Å². The fourth-order valence-corrected chi connectivity index (χ4v) is 5.80. The molecule has 0 saturated heterocycles. The van der Waals surface area contributed by atoms with Gasteiger partial charge in [-0.25, -0.2) is 4.79 Å². The molecule has 0 aromatic heterocycles. The molecule has 212 valence electrons. The maximum atomic E-state index is 13.4. The molecule has 2 N–H and O–H groups in total. The lowest BCUT2D eigenvalue weighted by Gasteiger charge is -2.29. The van der Waals surface area contributed by atoms with Crippen molar-refractivity contribution in [3.05, 3.63) is 59.2 Å². The van der Waals surface area contributed by atoms with E-state index in [0.29, 0.717) is 36.6 Å². The molecule has 0 unspecified atom stereocenters. The van der Waals surface area contributed by atoms with Crippen LogP contribution < -0.4 is 5.32 Å². The van der Waals surface area contributed by atoms with Crippen LogP contribution in [0.1, 0.15) is 79.8 Å². The van der Waals surface area contributed by atoms with E-state index in [1.54, 1.807) is 17.8 Å². The molecule has 2 aromatic rings. The molecule has 0 spiro atoms. The summed E-state index contributed by atoms with van der Waals surface area (Å²) in [4.78, 5) is 40.5. The van der Waals surface area contributed by atoms with E-state index in [9.17, 15) is 19.5 Å². The van der Waals surface area contributed by atoms with Gasteiger partial charge in [-0.3, -0.25) is 9.59 Å². The number of benzene rings is 2.